The van der Waals surface area contributed by atoms with Gasteiger partial charge in [0.1, 0.15) is 12.8 Å². The Labute approximate surface area is 226 Å². The molecule has 6 rings (SSSR count). The highest BCUT2D eigenvalue weighted by Gasteiger charge is 2.35. The number of hydrogen-bond donors (Lipinski definition) is 2. The molecule has 6 nitrogen and oxygen atoms in total. The van der Waals surface area contributed by atoms with Crippen LogP contribution in [0, 0.1) is 0 Å². The fourth-order valence-corrected chi connectivity index (χ4v) is 6.72. The lowest BCUT2D eigenvalue weighted by Gasteiger charge is -2.32. The highest BCUT2D eigenvalue weighted by molar-refractivity contribution is 5.80. The van der Waals surface area contributed by atoms with Crippen LogP contribution in [0.4, 0.5) is 16.2 Å². The molecule has 3 aromatic carbocycles. The predicted octanol–water partition coefficient (Wildman–Crippen LogP) is 5.68. The van der Waals surface area contributed by atoms with Crippen LogP contribution >= 0.6 is 0 Å². The van der Waals surface area contributed by atoms with Gasteiger partial charge >= 0.3 is 6.09 Å². The Morgan fingerprint density at radius 1 is 0.895 bits per heavy atom. The zero-order valence-electron chi connectivity index (χ0n) is 22.5. The average Bonchev–Trinajstić information content (AvgIpc) is 3.46. The number of ether oxygens (including phenoxy) is 1. The van der Waals surface area contributed by atoms with E-state index < -0.39 is 0 Å². The first kappa shape index (κ1) is 24.8. The molecule has 3 aromatic rings. The number of nitrogens with one attached hydrogen (secondary N) is 2. The number of anilines is 2. The largest absolute Gasteiger partial charge is 0.449 e. The van der Waals surface area contributed by atoms with Crippen molar-refractivity contribution in [2.45, 2.75) is 44.7 Å². The van der Waals surface area contributed by atoms with Crippen molar-refractivity contribution in [2.75, 3.05) is 49.1 Å². The number of fused-ring (bicyclic) bond motifs is 4. The maximum atomic E-state index is 12.9. The average molecular weight is 511 g/mol. The van der Waals surface area contributed by atoms with Gasteiger partial charge < -0.3 is 25.2 Å². The number of piperidine rings is 1. The molecule has 0 radical (unpaired) electrons. The monoisotopic (exact) mass is 510 g/mol. The molecule has 2 aliphatic heterocycles. The van der Waals surface area contributed by atoms with Crippen LogP contribution in [0.5, 0.6) is 0 Å². The number of amides is 1. The Kier molecular flexibility index (Phi) is 6.98. The second-order valence-electron chi connectivity index (χ2n) is 10.5. The van der Waals surface area contributed by atoms with Crippen LogP contribution in [0.1, 0.15) is 55.2 Å². The Bertz CT molecular complexity index is 1260. The topological polar surface area (TPSA) is 56.8 Å². The molecule has 1 amide bonds. The second-order valence-corrected chi connectivity index (χ2v) is 10.5. The molecule has 0 saturated carbocycles. The van der Waals surface area contributed by atoms with Crippen molar-refractivity contribution in [3.63, 3.8) is 0 Å². The molecule has 38 heavy (non-hydrogen) atoms. The second kappa shape index (κ2) is 10.7. The van der Waals surface area contributed by atoms with Gasteiger partial charge in [0.15, 0.2) is 0 Å². The predicted molar refractivity (Wildman–Crippen MR) is 154 cm³/mol. The molecule has 0 aromatic heterocycles. The number of likely N-dealkylation sites (N-methyl/N-ethyl adjacent to an activating group) is 2. The van der Waals surface area contributed by atoms with Crippen molar-refractivity contribution in [1.82, 2.24) is 10.6 Å². The zero-order valence-corrected chi connectivity index (χ0v) is 22.5. The van der Waals surface area contributed by atoms with E-state index in [0.29, 0.717) is 19.1 Å². The van der Waals surface area contributed by atoms with Gasteiger partial charge in [-0.3, -0.25) is 0 Å². The van der Waals surface area contributed by atoms with E-state index in [1.54, 1.807) is 0 Å². The van der Waals surface area contributed by atoms with Gasteiger partial charge in [-0.15, -0.1) is 0 Å². The maximum Gasteiger partial charge on any atom is 0.407 e. The summed E-state index contributed by atoms with van der Waals surface area (Å²) < 4.78 is 5.82. The molecule has 3 aliphatic rings. The molecule has 0 bridgehead atoms. The molecule has 6 heteroatoms. The maximum absolute atomic E-state index is 12.9. The number of alkyl carbamates (subject to hydrolysis) is 1. The molecular weight excluding hydrogens is 472 g/mol. The first-order chi connectivity index (χ1) is 18.7. The summed E-state index contributed by atoms with van der Waals surface area (Å²) in [6.07, 6.45) is 2.10. The number of rotatable bonds is 7. The van der Waals surface area contributed by atoms with E-state index in [1.165, 1.54) is 52.0 Å². The van der Waals surface area contributed by atoms with E-state index in [0.717, 1.165) is 26.2 Å². The van der Waals surface area contributed by atoms with Crippen LogP contribution < -0.4 is 20.4 Å². The third-order valence-electron chi connectivity index (χ3n) is 8.60. The SMILES string of the molecule is CCN1c2ccc(C3CCNCC3)cc2N(CC)C1CNC(=O)OCC1c2ccccc2-c2ccccc21. The van der Waals surface area contributed by atoms with E-state index in [2.05, 4.69) is 101 Å². The molecule has 1 fully saturated rings. The van der Waals surface area contributed by atoms with Gasteiger partial charge in [0.2, 0.25) is 0 Å². The minimum atomic E-state index is -0.356. The fraction of sp³-hybridized carbons (Fsp3) is 0.406. The lowest BCUT2D eigenvalue weighted by Crippen LogP contribution is -2.50. The molecule has 1 aliphatic carbocycles. The van der Waals surface area contributed by atoms with E-state index in [4.69, 9.17) is 4.74 Å². The normalized spacial score (nSPS) is 18.7. The Balaban J connectivity index is 1.12. The van der Waals surface area contributed by atoms with Crippen molar-refractivity contribution >= 4 is 17.5 Å². The van der Waals surface area contributed by atoms with Gasteiger partial charge in [0, 0.05) is 19.0 Å². The van der Waals surface area contributed by atoms with Crippen LogP contribution in [0.2, 0.25) is 0 Å². The number of carbonyl (C=O) groups is 1. The Morgan fingerprint density at radius 3 is 2.18 bits per heavy atom. The summed E-state index contributed by atoms with van der Waals surface area (Å²) in [4.78, 5) is 17.7. The quantitative estimate of drug-likeness (QED) is 0.428. The number of hydrogen-bond acceptors (Lipinski definition) is 5. The number of carbonyl (C=O) groups excluding carboxylic acids is 1. The van der Waals surface area contributed by atoms with E-state index in [9.17, 15) is 4.79 Å². The molecular formula is C32H38N4O2. The van der Waals surface area contributed by atoms with Gasteiger partial charge in [0.25, 0.3) is 0 Å². The van der Waals surface area contributed by atoms with Gasteiger partial charge in [-0.05, 0) is 85.6 Å². The third-order valence-corrected chi connectivity index (χ3v) is 8.60. The van der Waals surface area contributed by atoms with E-state index in [-0.39, 0.29) is 18.2 Å². The highest BCUT2D eigenvalue weighted by Crippen LogP contribution is 2.45. The summed E-state index contributed by atoms with van der Waals surface area (Å²) in [6.45, 7) is 9.17. The molecule has 2 heterocycles. The zero-order chi connectivity index (χ0) is 26.1. The minimum absolute atomic E-state index is 0.0663. The summed E-state index contributed by atoms with van der Waals surface area (Å²) in [6, 6.07) is 23.8. The molecule has 198 valence electrons. The first-order valence-electron chi connectivity index (χ1n) is 14.2. The first-order valence-corrected chi connectivity index (χ1v) is 14.2. The molecule has 1 atom stereocenters. The standard InChI is InChI=1S/C32H38N4O2/c1-3-35-29-14-13-23(22-15-17-33-18-16-22)19-30(29)36(4-2)31(35)20-34-32(37)38-21-28-26-11-7-5-9-24(26)25-10-6-8-12-27(25)28/h5-14,19,22,28,31,33H,3-4,15-18,20-21H2,1-2H3,(H,34,37). The van der Waals surface area contributed by atoms with Gasteiger partial charge in [0.05, 0.1) is 17.9 Å². The summed E-state index contributed by atoms with van der Waals surface area (Å²) in [5.74, 6) is 0.685. The lowest BCUT2D eigenvalue weighted by atomic mass is 9.90. The summed E-state index contributed by atoms with van der Waals surface area (Å²) in [5, 5.41) is 6.56. The summed E-state index contributed by atoms with van der Waals surface area (Å²) >= 11 is 0. The van der Waals surface area contributed by atoms with Crippen LogP contribution in [0.15, 0.2) is 66.7 Å². The van der Waals surface area contributed by atoms with E-state index in [1.807, 2.05) is 0 Å². The van der Waals surface area contributed by atoms with Crippen molar-refractivity contribution in [1.29, 1.82) is 0 Å². The third kappa shape index (κ3) is 4.41. The summed E-state index contributed by atoms with van der Waals surface area (Å²) in [7, 11) is 0. The smallest absolute Gasteiger partial charge is 0.407 e. The van der Waals surface area contributed by atoms with Crippen molar-refractivity contribution < 1.29 is 9.53 Å². The van der Waals surface area contributed by atoms with Crippen molar-refractivity contribution in [3.05, 3.63) is 83.4 Å². The van der Waals surface area contributed by atoms with E-state index >= 15 is 0 Å². The minimum Gasteiger partial charge on any atom is -0.449 e. The van der Waals surface area contributed by atoms with Crippen LogP contribution in [-0.2, 0) is 4.74 Å². The number of benzene rings is 3. The Morgan fingerprint density at radius 2 is 1.53 bits per heavy atom. The van der Waals surface area contributed by atoms with Crippen LogP contribution in [-0.4, -0.2) is 51.6 Å². The molecule has 1 unspecified atom stereocenters. The lowest BCUT2D eigenvalue weighted by molar-refractivity contribution is 0.142. The van der Waals surface area contributed by atoms with Gasteiger partial charge in [-0.25, -0.2) is 4.79 Å². The fourth-order valence-electron chi connectivity index (χ4n) is 6.72. The van der Waals surface area contributed by atoms with Gasteiger partial charge in [-0.1, -0.05) is 54.6 Å². The molecule has 2 N–H and O–H groups in total. The van der Waals surface area contributed by atoms with Crippen molar-refractivity contribution in [3.8, 4) is 11.1 Å². The van der Waals surface area contributed by atoms with Crippen molar-refractivity contribution in [2.24, 2.45) is 0 Å². The molecule has 1 saturated heterocycles. The van der Waals surface area contributed by atoms with Crippen LogP contribution in [0.25, 0.3) is 11.1 Å². The Hall–Kier alpha value is -3.51. The molecule has 0 spiro atoms. The highest BCUT2D eigenvalue weighted by atomic mass is 16.5. The van der Waals surface area contributed by atoms with Gasteiger partial charge in [-0.2, -0.15) is 0 Å². The number of nitrogens with zero attached hydrogens (tertiary/aromatic N) is 2. The summed E-state index contributed by atoms with van der Waals surface area (Å²) in [5.41, 5.74) is 8.91. The van der Waals surface area contributed by atoms with Crippen LogP contribution in [0.3, 0.4) is 0 Å².